The van der Waals surface area contributed by atoms with Crippen molar-refractivity contribution in [3.05, 3.63) is 192 Å². The summed E-state index contributed by atoms with van der Waals surface area (Å²) in [4.78, 5) is 2.45. The predicted octanol–water partition coefficient (Wildman–Crippen LogP) is 13.4. The van der Waals surface area contributed by atoms with Gasteiger partial charge in [-0.2, -0.15) is 0 Å². The van der Waals surface area contributed by atoms with Crippen molar-refractivity contribution < 1.29 is 0 Å². The Hall–Kier alpha value is -6.12. The molecule has 0 atom stereocenters. The molecule has 0 bridgehead atoms. The fourth-order valence-corrected chi connectivity index (χ4v) is 9.05. The summed E-state index contributed by atoms with van der Waals surface area (Å²) >= 11 is 0. The van der Waals surface area contributed by atoms with Gasteiger partial charge in [0.2, 0.25) is 0 Å². The molecule has 0 radical (unpaired) electrons. The molecule has 2 heteroatoms. The molecular weight excluding hydrogens is 629 g/mol. The number of fused-ring (bicyclic) bond motifs is 7. The number of para-hydroxylation sites is 1. The molecule has 1 heterocycles. The summed E-state index contributed by atoms with van der Waals surface area (Å²) in [7, 11) is 0. The summed E-state index contributed by atoms with van der Waals surface area (Å²) < 4.78 is 2.26. The van der Waals surface area contributed by atoms with E-state index >= 15 is 0 Å². The zero-order chi connectivity index (χ0) is 35.2. The Labute approximate surface area is 306 Å². The van der Waals surface area contributed by atoms with Crippen LogP contribution < -0.4 is 4.90 Å². The Balaban J connectivity index is 1.08. The second-order valence-electron chi connectivity index (χ2n) is 15.5. The van der Waals surface area contributed by atoms with Crippen molar-refractivity contribution in [1.29, 1.82) is 0 Å². The highest BCUT2D eigenvalue weighted by molar-refractivity contribution is 5.90. The van der Waals surface area contributed by atoms with Gasteiger partial charge in [-0.05, 0) is 122 Å². The van der Waals surface area contributed by atoms with Crippen molar-refractivity contribution in [1.82, 2.24) is 4.57 Å². The molecule has 250 valence electrons. The molecule has 1 aromatic heterocycles. The summed E-state index contributed by atoms with van der Waals surface area (Å²) in [6, 6.07) is 60.6. The first-order chi connectivity index (χ1) is 25.3. The molecule has 2 aliphatic carbocycles. The highest BCUT2D eigenvalue weighted by Gasteiger charge is 2.37. The average Bonchev–Trinajstić information content (AvgIpc) is 3.78. The minimum atomic E-state index is -0.0862. The first-order valence-electron chi connectivity index (χ1n) is 18.3. The first kappa shape index (κ1) is 30.7. The minimum Gasteiger partial charge on any atom is -0.317 e. The molecule has 0 saturated heterocycles. The lowest BCUT2D eigenvalue weighted by Gasteiger charge is -2.30. The second-order valence-corrected chi connectivity index (χ2v) is 15.5. The number of anilines is 3. The SMILES string of the molecule is CC1(C)c2ccccc2-c2ccc(N(c3ccc(-c4ccc5c(ccn5-c5ccccc5)c4)cc3)c3ccc4c(c3)C(C)(C)c3ccccc3-4)cc21. The van der Waals surface area contributed by atoms with E-state index in [2.05, 4.69) is 207 Å². The number of nitrogens with zero attached hydrogens (tertiary/aromatic N) is 2. The van der Waals surface area contributed by atoms with Crippen LogP contribution in [-0.2, 0) is 10.8 Å². The van der Waals surface area contributed by atoms with Gasteiger partial charge in [0.05, 0.1) is 5.52 Å². The van der Waals surface area contributed by atoms with Gasteiger partial charge in [0, 0.05) is 45.2 Å². The number of aromatic nitrogens is 1. The van der Waals surface area contributed by atoms with E-state index in [1.54, 1.807) is 0 Å². The highest BCUT2D eigenvalue weighted by atomic mass is 15.1. The number of rotatable bonds is 5. The Kier molecular flexibility index (Phi) is 6.60. The third-order valence-corrected chi connectivity index (χ3v) is 11.8. The molecule has 2 aliphatic rings. The van der Waals surface area contributed by atoms with E-state index in [9.17, 15) is 0 Å². The van der Waals surface area contributed by atoms with Crippen LogP contribution in [0.4, 0.5) is 17.1 Å². The van der Waals surface area contributed by atoms with E-state index in [1.807, 2.05) is 0 Å². The molecule has 0 aliphatic heterocycles. The number of hydrogen-bond donors (Lipinski definition) is 0. The fraction of sp³-hybridized carbons (Fsp3) is 0.120. The van der Waals surface area contributed by atoms with Gasteiger partial charge in [-0.15, -0.1) is 0 Å². The van der Waals surface area contributed by atoms with E-state index in [1.165, 1.54) is 83.6 Å². The first-order valence-corrected chi connectivity index (χ1v) is 18.3. The lowest BCUT2D eigenvalue weighted by atomic mass is 9.82. The molecule has 0 fully saturated rings. The van der Waals surface area contributed by atoms with Crippen molar-refractivity contribution in [2.75, 3.05) is 4.90 Å². The molecule has 0 unspecified atom stereocenters. The molecule has 52 heavy (non-hydrogen) atoms. The van der Waals surface area contributed by atoms with E-state index in [0.717, 1.165) is 5.69 Å². The van der Waals surface area contributed by atoms with Crippen LogP contribution in [0.3, 0.4) is 0 Å². The van der Waals surface area contributed by atoms with E-state index in [0.29, 0.717) is 0 Å². The summed E-state index contributed by atoms with van der Waals surface area (Å²) in [5, 5.41) is 1.23. The Morgan fingerprint density at radius 2 is 0.904 bits per heavy atom. The summed E-state index contributed by atoms with van der Waals surface area (Å²) in [6.45, 7) is 9.45. The lowest BCUT2D eigenvalue weighted by Crippen LogP contribution is -2.18. The van der Waals surface area contributed by atoms with Crippen LogP contribution in [0.2, 0.25) is 0 Å². The zero-order valence-electron chi connectivity index (χ0n) is 30.1. The molecule has 0 spiro atoms. The molecule has 0 amide bonds. The maximum absolute atomic E-state index is 2.45. The standard InChI is InChI=1S/C50H40N2/c1-49(2)44-16-10-8-14-40(44)42-25-23-38(31-46(42)49)52(39-24-26-43-41-15-9-11-17-45(41)50(3,4)47(43)32-39)37-21-18-33(19-22-37)34-20-27-48-35(30-34)28-29-51(48)36-12-6-5-7-13-36/h5-32H,1-4H3. The normalized spacial score (nSPS) is 14.5. The average molecular weight is 669 g/mol. The third-order valence-electron chi connectivity index (χ3n) is 11.8. The third kappa shape index (κ3) is 4.50. The van der Waals surface area contributed by atoms with Gasteiger partial charge in [-0.25, -0.2) is 0 Å². The fourth-order valence-electron chi connectivity index (χ4n) is 9.05. The van der Waals surface area contributed by atoms with Gasteiger partial charge in [0.1, 0.15) is 0 Å². The van der Waals surface area contributed by atoms with E-state index in [-0.39, 0.29) is 10.8 Å². The number of benzene rings is 7. The second kappa shape index (κ2) is 11.2. The highest BCUT2D eigenvalue weighted by Crippen LogP contribution is 2.53. The molecule has 7 aromatic carbocycles. The van der Waals surface area contributed by atoms with Crippen LogP contribution in [0.1, 0.15) is 49.9 Å². The van der Waals surface area contributed by atoms with Crippen LogP contribution in [0.5, 0.6) is 0 Å². The van der Waals surface area contributed by atoms with Gasteiger partial charge in [0.25, 0.3) is 0 Å². The predicted molar refractivity (Wildman–Crippen MR) is 219 cm³/mol. The van der Waals surface area contributed by atoms with Crippen molar-refractivity contribution in [2.45, 2.75) is 38.5 Å². The Morgan fingerprint density at radius 1 is 0.404 bits per heavy atom. The van der Waals surface area contributed by atoms with Crippen LogP contribution in [0, 0.1) is 0 Å². The van der Waals surface area contributed by atoms with Crippen LogP contribution in [-0.4, -0.2) is 4.57 Å². The van der Waals surface area contributed by atoms with Gasteiger partial charge in [0.15, 0.2) is 0 Å². The maximum atomic E-state index is 2.45. The largest absolute Gasteiger partial charge is 0.317 e. The van der Waals surface area contributed by atoms with Gasteiger partial charge < -0.3 is 9.47 Å². The zero-order valence-corrected chi connectivity index (χ0v) is 30.1. The lowest BCUT2D eigenvalue weighted by molar-refractivity contribution is 0.660. The van der Waals surface area contributed by atoms with E-state index in [4.69, 9.17) is 0 Å². The van der Waals surface area contributed by atoms with Gasteiger partial charge in [-0.1, -0.05) is 125 Å². The number of hydrogen-bond acceptors (Lipinski definition) is 1. The van der Waals surface area contributed by atoms with Crippen LogP contribution in [0.25, 0.3) is 50.0 Å². The van der Waals surface area contributed by atoms with Crippen molar-refractivity contribution in [2.24, 2.45) is 0 Å². The molecule has 2 nitrogen and oxygen atoms in total. The van der Waals surface area contributed by atoms with E-state index < -0.39 is 0 Å². The topological polar surface area (TPSA) is 8.17 Å². The maximum Gasteiger partial charge on any atom is 0.0528 e. The summed E-state index contributed by atoms with van der Waals surface area (Å²) in [6.07, 6.45) is 2.16. The summed E-state index contributed by atoms with van der Waals surface area (Å²) in [5.74, 6) is 0. The quantitative estimate of drug-likeness (QED) is 0.177. The molecule has 8 aromatic rings. The minimum absolute atomic E-state index is 0.0862. The van der Waals surface area contributed by atoms with Crippen molar-refractivity contribution >= 4 is 28.0 Å². The monoisotopic (exact) mass is 668 g/mol. The smallest absolute Gasteiger partial charge is 0.0528 e. The van der Waals surface area contributed by atoms with Crippen molar-refractivity contribution in [3.63, 3.8) is 0 Å². The summed E-state index contributed by atoms with van der Waals surface area (Å²) in [5.41, 5.74) is 19.0. The van der Waals surface area contributed by atoms with Gasteiger partial charge >= 0.3 is 0 Å². The Bertz CT molecular complexity index is 2570. The van der Waals surface area contributed by atoms with Crippen molar-refractivity contribution in [3.8, 4) is 39.1 Å². The molecule has 10 rings (SSSR count). The molecular formula is C50H40N2. The molecule has 0 N–H and O–H groups in total. The van der Waals surface area contributed by atoms with Gasteiger partial charge in [-0.3, -0.25) is 0 Å². The molecule has 0 saturated carbocycles. The Morgan fingerprint density at radius 3 is 1.50 bits per heavy atom. The van der Waals surface area contributed by atoms with Crippen LogP contribution >= 0.6 is 0 Å². The van der Waals surface area contributed by atoms with Crippen LogP contribution in [0.15, 0.2) is 170 Å².